The second kappa shape index (κ2) is 12.2. The molecule has 3 aromatic rings. The molecule has 0 unspecified atom stereocenters. The summed E-state index contributed by atoms with van der Waals surface area (Å²) in [5.74, 6) is 2.40. The van der Waals surface area contributed by atoms with Crippen LogP contribution < -0.4 is 24.4 Å². The molecule has 8 heteroatoms. The molecular weight excluding hydrogens is 463 g/mol. The van der Waals surface area contributed by atoms with E-state index in [1.807, 2.05) is 55.5 Å². The van der Waals surface area contributed by atoms with Gasteiger partial charge in [0, 0.05) is 5.02 Å². The van der Waals surface area contributed by atoms with Crippen LogP contribution in [-0.4, -0.2) is 27.0 Å². The molecule has 3 aromatic carbocycles. The first kappa shape index (κ1) is 24.6. The third-order valence-corrected chi connectivity index (χ3v) is 5.20. The van der Waals surface area contributed by atoms with E-state index in [0.29, 0.717) is 52.8 Å². The van der Waals surface area contributed by atoms with Crippen LogP contribution in [0.5, 0.6) is 23.0 Å². The SMILES string of the molecule is CCOc1cc(/C=N/NCc2ccc(OC)c(OC)c2)cc(Cl)c1OCc1ccc(Cl)cc1. The Balaban J connectivity index is 1.66. The average molecular weight is 489 g/mol. The first-order chi connectivity index (χ1) is 16.0. The highest BCUT2D eigenvalue weighted by Gasteiger charge is 2.13. The van der Waals surface area contributed by atoms with Crippen LogP contribution in [-0.2, 0) is 13.2 Å². The number of benzene rings is 3. The Hall–Kier alpha value is -3.09. The third kappa shape index (κ3) is 6.94. The van der Waals surface area contributed by atoms with E-state index in [1.54, 1.807) is 26.5 Å². The number of halogens is 2. The van der Waals surface area contributed by atoms with Crippen LogP contribution in [0.3, 0.4) is 0 Å². The zero-order valence-electron chi connectivity index (χ0n) is 18.7. The molecule has 0 aromatic heterocycles. The molecule has 1 N–H and O–H groups in total. The molecule has 0 heterocycles. The molecule has 0 spiro atoms. The summed E-state index contributed by atoms with van der Waals surface area (Å²) in [5.41, 5.74) is 5.78. The van der Waals surface area contributed by atoms with Crippen molar-refractivity contribution in [2.45, 2.75) is 20.1 Å². The van der Waals surface area contributed by atoms with E-state index in [9.17, 15) is 0 Å². The summed E-state index contributed by atoms with van der Waals surface area (Å²) in [4.78, 5) is 0. The molecule has 0 aliphatic carbocycles. The average Bonchev–Trinajstić information content (AvgIpc) is 2.82. The molecule has 0 atom stereocenters. The van der Waals surface area contributed by atoms with Crippen LogP contribution in [0.1, 0.15) is 23.6 Å². The molecule has 0 bridgehead atoms. The maximum Gasteiger partial charge on any atom is 0.180 e. The summed E-state index contributed by atoms with van der Waals surface area (Å²) in [6.45, 7) is 3.25. The first-order valence-electron chi connectivity index (χ1n) is 10.3. The van der Waals surface area contributed by atoms with Gasteiger partial charge in [-0.2, -0.15) is 5.10 Å². The number of hydrogen-bond acceptors (Lipinski definition) is 6. The highest BCUT2D eigenvalue weighted by molar-refractivity contribution is 6.32. The second-order valence-electron chi connectivity index (χ2n) is 6.96. The lowest BCUT2D eigenvalue weighted by Gasteiger charge is -2.14. The van der Waals surface area contributed by atoms with Gasteiger partial charge in [0.2, 0.25) is 0 Å². The van der Waals surface area contributed by atoms with Gasteiger partial charge in [-0.05, 0) is 60.0 Å². The van der Waals surface area contributed by atoms with Gasteiger partial charge in [0.1, 0.15) is 6.61 Å². The lowest BCUT2D eigenvalue weighted by atomic mass is 10.2. The maximum atomic E-state index is 6.50. The smallest absolute Gasteiger partial charge is 0.180 e. The van der Waals surface area contributed by atoms with Gasteiger partial charge in [0.05, 0.1) is 38.6 Å². The van der Waals surface area contributed by atoms with E-state index in [1.165, 1.54) is 0 Å². The predicted molar refractivity (Wildman–Crippen MR) is 132 cm³/mol. The van der Waals surface area contributed by atoms with E-state index in [0.717, 1.165) is 16.7 Å². The lowest BCUT2D eigenvalue weighted by molar-refractivity contribution is 0.269. The van der Waals surface area contributed by atoms with Crippen molar-refractivity contribution < 1.29 is 18.9 Å². The van der Waals surface area contributed by atoms with E-state index in [-0.39, 0.29) is 0 Å². The minimum Gasteiger partial charge on any atom is -0.493 e. The molecule has 3 rings (SSSR count). The fourth-order valence-electron chi connectivity index (χ4n) is 3.05. The van der Waals surface area contributed by atoms with Gasteiger partial charge in [0.15, 0.2) is 23.0 Å². The summed E-state index contributed by atoms with van der Waals surface area (Å²) in [6, 6.07) is 16.8. The largest absolute Gasteiger partial charge is 0.493 e. The molecule has 0 radical (unpaired) electrons. The number of nitrogens with zero attached hydrogens (tertiary/aromatic N) is 1. The number of hydrogen-bond donors (Lipinski definition) is 1. The molecule has 33 heavy (non-hydrogen) atoms. The van der Waals surface area contributed by atoms with Gasteiger partial charge in [-0.3, -0.25) is 0 Å². The number of nitrogens with one attached hydrogen (secondary N) is 1. The van der Waals surface area contributed by atoms with E-state index in [2.05, 4.69) is 10.5 Å². The Bertz CT molecular complexity index is 1090. The summed E-state index contributed by atoms with van der Waals surface area (Å²) in [6.07, 6.45) is 1.68. The fourth-order valence-corrected chi connectivity index (χ4v) is 3.45. The zero-order valence-corrected chi connectivity index (χ0v) is 20.2. The number of ether oxygens (including phenoxy) is 4. The topological polar surface area (TPSA) is 61.3 Å². The maximum absolute atomic E-state index is 6.50. The van der Waals surface area contributed by atoms with Gasteiger partial charge < -0.3 is 24.4 Å². The molecule has 174 valence electrons. The Kier molecular flexibility index (Phi) is 9.10. The van der Waals surface area contributed by atoms with Crippen molar-refractivity contribution in [2.24, 2.45) is 5.10 Å². The molecule has 0 aliphatic heterocycles. The summed E-state index contributed by atoms with van der Waals surface area (Å²) < 4.78 is 22.3. The van der Waals surface area contributed by atoms with E-state index in [4.69, 9.17) is 42.1 Å². The summed E-state index contributed by atoms with van der Waals surface area (Å²) in [5, 5.41) is 5.41. The van der Waals surface area contributed by atoms with Crippen LogP contribution in [0.4, 0.5) is 0 Å². The zero-order chi connectivity index (χ0) is 23.6. The quantitative estimate of drug-likeness (QED) is 0.260. The highest BCUT2D eigenvalue weighted by atomic mass is 35.5. The monoisotopic (exact) mass is 488 g/mol. The van der Waals surface area contributed by atoms with Gasteiger partial charge in [0.25, 0.3) is 0 Å². The van der Waals surface area contributed by atoms with Crippen LogP contribution in [0.15, 0.2) is 59.7 Å². The molecule has 6 nitrogen and oxygen atoms in total. The minimum atomic E-state index is 0.345. The molecule has 0 amide bonds. The van der Waals surface area contributed by atoms with Gasteiger partial charge >= 0.3 is 0 Å². The van der Waals surface area contributed by atoms with Gasteiger partial charge in [-0.25, -0.2) is 0 Å². The van der Waals surface area contributed by atoms with Crippen LogP contribution in [0.25, 0.3) is 0 Å². The lowest BCUT2D eigenvalue weighted by Crippen LogP contribution is -2.06. The number of rotatable bonds is 11. The second-order valence-corrected chi connectivity index (χ2v) is 7.80. The Morgan fingerprint density at radius 2 is 1.58 bits per heavy atom. The Morgan fingerprint density at radius 1 is 0.848 bits per heavy atom. The van der Waals surface area contributed by atoms with Crippen molar-refractivity contribution in [3.05, 3.63) is 81.3 Å². The summed E-state index contributed by atoms with van der Waals surface area (Å²) >= 11 is 12.4. The molecule has 0 saturated heterocycles. The highest BCUT2D eigenvalue weighted by Crippen LogP contribution is 2.37. The van der Waals surface area contributed by atoms with E-state index >= 15 is 0 Å². The Morgan fingerprint density at radius 3 is 2.27 bits per heavy atom. The molecule has 0 saturated carbocycles. The van der Waals surface area contributed by atoms with Crippen molar-refractivity contribution in [1.29, 1.82) is 0 Å². The molecular formula is C25H26Cl2N2O4. The fraction of sp³-hybridized carbons (Fsp3) is 0.240. The minimum absolute atomic E-state index is 0.345. The standard InChI is InChI=1S/C25H26Cl2N2O4/c1-4-32-24-13-19(11-21(27)25(24)33-16-17-5-8-20(26)9-6-17)15-29-28-14-18-7-10-22(30-2)23(12-18)31-3/h5-13,15,28H,4,14,16H2,1-3H3/b29-15+. The van der Waals surface area contributed by atoms with Crippen LogP contribution >= 0.6 is 23.2 Å². The van der Waals surface area contributed by atoms with Crippen LogP contribution in [0, 0.1) is 0 Å². The summed E-state index contributed by atoms with van der Waals surface area (Å²) in [7, 11) is 3.21. The molecule has 0 aliphatic rings. The number of hydrazone groups is 1. The molecule has 0 fully saturated rings. The van der Waals surface area contributed by atoms with Crippen molar-refractivity contribution in [3.63, 3.8) is 0 Å². The number of methoxy groups -OCH3 is 2. The normalized spacial score (nSPS) is 10.8. The van der Waals surface area contributed by atoms with Gasteiger partial charge in [-0.1, -0.05) is 41.4 Å². The van der Waals surface area contributed by atoms with Gasteiger partial charge in [-0.15, -0.1) is 0 Å². The predicted octanol–water partition coefficient (Wildman–Crippen LogP) is 6.11. The van der Waals surface area contributed by atoms with E-state index < -0.39 is 0 Å². The Labute approximate surface area is 204 Å². The van der Waals surface area contributed by atoms with Crippen molar-refractivity contribution in [1.82, 2.24) is 5.43 Å². The van der Waals surface area contributed by atoms with Crippen LogP contribution in [0.2, 0.25) is 10.0 Å². The van der Waals surface area contributed by atoms with Crippen molar-refractivity contribution in [3.8, 4) is 23.0 Å². The third-order valence-electron chi connectivity index (χ3n) is 4.66. The first-order valence-corrected chi connectivity index (χ1v) is 11.1. The van der Waals surface area contributed by atoms with Crippen molar-refractivity contribution >= 4 is 29.4 Å². The van der Waals surface area contributed by atoms with Crippen molar-refractivity contribution in [2.75, 3.05) is 20.8 Å².